The summed E-state index contributed by atoms with van der Waals surface area (Å²) in [5, 5.41) is 2.23. The summed E-state index contributed by atoms with van der Waals surface area (Å²) in [6, 6.07) is 15.9. The van der Waals surface area contributed by atoms with Crippen molar-refractivity contribution >= 4 is 39.6 Å². The van der Waals surface area contributed by atoms with Gasteiger partial charge in [0.25, 0.3) is 0 Å². The number of halogens is 2. The highest BCUT2D eigenvalue weighted by atomic mass is 35.5. The summed E-state index contributed by atoms with van der Waals surface area (Å²) in [5.74, 6) is 0.102. The predicted molar refractivity (Wildman–Crippen MR) is 95.6 cm³/mol. The van der Waals surface area contributed by atoms with Crippen molar-refractivity contribution in [3.8, 4) is 5.75 Å². The highest BCUT2D eigenvalue weighted by Gasteiger charge is 2.13. The smallest absolute Gasteiger partial charge is 0.131 e. The van der Waals surface area contributed by atoms with E-state index in [4.69, 9.17) is 34.3 Å². The van der Waals surface area contributed by atoms with Gasteiger partial charge in [-0.15, -0.1) is 0 Å². The van der Waals surface area contributed by atoms with E-state index in [1.165, 1.54) is 6.07 Å². The van der Waals surface area contributed by atoms with Crippen LogP contribution in [0.25, 0.3) is 10.8 Å². The van der Waals surface area contributed by atoms with Crippen molar-refractivity contribution in [1.29, 1.82) is 0 Å². The van der Waals surface area contributed by atoms with E-state index in [0.29, 0.717) is 21.9 Å². The quantitative estimate of drug-likeness (QED) is 0.687. The molecule has 0 heterocycles. The highest BCUT2D eigenvalue weighted by Crippen LogP contribution is 2.29. The molecule has 0 saturated carbocycles. The van der Waals surface area contributed by atoms with E-state index < -0.39 is 5.82 Å². The van der Waals surface area contributed by atoms with E-state index in [-0.39, 0.29) is 11.6 Å². The van der Waals surface area contributed by atoms with Crippen molar-refractivity contribution in [2.45, 2.75) is 6.61 Å². The molecule has 0 amide bonds. The summed E-state index contributed by atoms with van der Waals surface area (Å²) in [6.45, 7) is -0.000535. The van der Waals surface area contributed by atoms with Gasteiger partial charge in [-0.3, -0.25) is 0 Å². The minimum atomic E-state index is -0.407. The molecule has 2 nitrogen and oxygen atoms in total. The topological polar surface area (TPSA) is 35.2 Å². The molecule has 0 aromatic heterocycles. The first-order chi connectivity index (χ1) is 11.1. The van der Waals surface area contributed by atoms with Crippen LogP contribution in [0.5, 0.6) is 5.75 Å². The van der Waals surface area contributed by atoms with Gasteiger partial charge in [-0.1, -0.05) is 60.2 Å². The molecule has 0 fully saturated rings. The highest BCUT2D eigenvalue weighted by molar-refractivity contribution is 7.80. The molecule has 0 radical (unpaired) electrons. The number of ether oxygens (including phenoxy) is 1. The molecule has 23 heavy (non-hydrogen) atoms. The van der Waals surface area contributed by atoms with Gasteiger partial charge in [0.05, 0.1) is 10.6 Å². The largest absolute Gasteiger partial charge is 0.488 e. The third kappa shape index (κ3) is 3.14. The van der Waals surface area contributed by atoms with Gasteiger partial charge in [0.2, 0.25) is 0 Å². The summed E-state index contributed by atoms with van der Waals surface area (Å²) in [6.07, 6.45) is 0. The van der Waals surface area contributed by atoms with Crippen molar-refractivity contribution in [1.82, 2.24) is 0 Å². The van der Waals surface area contributed by atoms with Crippen LogP contribution in [0.2, 0.25) is 5.02 Å². The van der Waals surface area contributed by atoms with E-state index in [9.17, 15) is 4.39 Å². The van der Waals surface area contributed by atoms with Gasteiger partial charge in [0.1, 0.15) is 23.2 Å². The molecule has 0 aliphatic carbocycles. The van der Waals surface area contributed by atoms with Crippen LogP contribution < -0.4 is 10.5 Å². The molecular formula is C18H13ClFNOS. The maximum absolute atomic E-state index is 13.9. The molecule has 0 saturated heterocycles. The van der Waals surface area contributed by atoms with Gasteiger partial charge in [-0.2, -0.15) is 0 Å². The number of nitrogens with two attached hydrogens (primary N) is 1. The molecular weight excluding hydrogens is 333 g/mol. The van der Waals surface area contributed by atoms with Crippen LogP contribution in [-0.4, -0.2) is 4.99 Å². The summed E-state index contributed by atoms with van der Waals surface area (Å²) in [7, 11) is 0. The molecule has 3 aromatic carbocycles. The Hall–Kier alpha value is -2.17. The van der Waals surface area contributed by atoms with Crippen molar-refractivity contribution in [2.24, 2.45) is 5.73 Å². The van der Waals surface area contributed by atoms with Crippen LogP contribution in [0.3, 0.4) is 0 Å². The van der Waals surface area contributed by atoms with Gasteiger partial charge in [-0.05, 0) is 29.0 Å². The third-order valence-electron chi connectivity index (χ3n) is 3.57. The van der Waals surface area contributed by atoms with Gasteiger partial charge < -0.3 is 10.5 Å². The van der Waals surface area contributed by atoms with Crippen LogP contribution in [-0.2, 0) is 6.61 Å². The summed E-state index contributed by atoms with van der Waals surface area (Å²) in [4.78, 5) is 0.233. The minimum Gasteiger partial charge on any atom is -0.488 e. The molecule has 0 aliphatic heterocycles. The first-order valence-electron chi connectivity index (χ1n) is 6.95. The molecule has 3 rings (SSSR count). The van der Waals surface area contributed by atoms with Crippen molar-refractivity contribution in [3.63, 3.8) is 0 Å². The fourth-order valence-electron chi connectivity index (χ4n) is 2.45. The Kier molecular flexibility index (Phi) is 4.46. The summed E-state index contributed by atoms with van der Waals surface area (Å²) < 4.78 is 19.6. The minimum absolute atomic E-state index is 0.000535. The predicted octanol–water partition coefficient (Wildman–Crippen LogP) is 4.85. The fraction of sp³-hybridized carbons (Fsp3) is 0.0556. The van der Waals surface area contributed by atoms with Crippen LogP contribution in [0, 0.1) is 5.82 Å². The molecule has 0 aliphatic rings. The fourth-order valence-corrected chi connectivity index (χ4v) is 2.87. The molecule has 3 aromatic rings. The SMILES string of the molecule is NC(=S)c1c(OCc2c(F)cccc2Cl)ccc2ccccc12. The van der Waals surface area contributed by atoms with E-state index in [1.807, 2.05) is 30.3 Å². The Morgan fingerprint density at radius 1 is 1.09 bits per heavy atom. The lowest BCUT2D eigenvalue weighted by atomic mass is 10.0. The zero-order valence-corrected chi connectivity index (χ0v) is 13.6. The van der Waals surface area contributed by atoms with E-state index in [2.05, 4.69) is 0 Å². The zero-order valence-electron chi connectivity index (χ0n) is 12.1. The lowest BCUT2D eigenvalue weighted by molar-refractivity contribution is 0.300. The Balaban J connectivity index is 2.00. The molecule has 0 bridgehead atoms. The number of hydrogen-bond donors (Lipinski definition) is 1. The molecule has 0 unspecified atom stereocenters. The van der Waals surface area contributed by atoms with Crippen LogP contribution >= 0.6 is 23.8 Å². The average Bonchev–Trinajstić information content (AvgIpc) is 2.53. The van der Waals surface area contributed by atoms with Gasteiger partial charge in [-0.25, -0.2) is 4.39 Å². The molecule has 116 valence electrons. The molecule has 0 spiro atoms. The molecule has 5 heteroatoms. The van der Waals surface area contributed by atoms with Crippen molar-refractivity contribution < 1.29 is 9.13 Å². The Bertz CT molecular complexity index is 877. The van der Waals surface area contributed by atoms with Crippen LogP contribution in [0.4, 0.5) is 4.39 Å². The van der Waals surface area contributed by atoms with E-state index in [0.717, 1.165) is 10.8 Å². The van der Waals surface area contributed by atoms with E-state index in [1.54, 1.807) is 18.2 Å². The maximum Gasteiger partial charge on any atom is 0.131 e. The van der Waals surface area contributed by atoms with Gasteiger partial charge >= 0.3 is 0 Å². The van der Waals surface area contributed by atoms with Crippen molar-refractivity contribution in [2.75, 3.05) is 0 Å². The Labute approximate surface area is 143 Å². The maximum atomic E-state index is 13.9. The van der Waals surface area contributed by atoms with Crippen molar-refractivity contribution in [3.05, 3.63) is 76.6 Å². The normalized spacial score (nSPS) is 10.7. The summed E-state index contributed by atoms with van der Waals surface area (Å²) in [5.41, 5.74) is 6.81. The summed E-state index contributed by atoms with van der Waals surface area (Å²) >= 11 is 11.2. The monoisotopic (exact) mass is 345 g/mol. The second-order valence-electron chi connectivity index (χ2n) is 5.01. The first kappa shape index (κ1) is 15.7. The van der Waals surface area contributed by atoms with E-state index >= 15 is 0 Å². The first-order valence-corrected chi connectivity index (χ1v) is 7.74. The number of hydrogen-bond acceptors (Lipinski definition) is 2. The lowest BCUT2D eigenvalue weighted by Gasteiger charge is -2.14. The zero-order chi connectivity index (χ0) is 16.4. The number of fused-ring (bicyclic) bond motifs is 1. The standard InChI is InChI=1S/C18H13ClFNOS/c19-14-6-3-7-15(20)13(14)10-22-16-9-8-11-4-1-2-5-12(11)17(16)18(21)23/h1-9H,10H2,(H2,21,23). The molecule has 2 N–H and O–H groups in total. The number of benzene rings is 3. The van der Waals surface area contributed by atoms with Gasteiger partial charge in [0, 0.05) is 5.56 Å². The van der Waals surface area contributed by atoms with Crippen LogP contribution in [0.15, 0.2) is 54.6 Å². The Morgan fingerprint density at radius 2 is 1.87 bits per heavy atom. The average molecular weight is 346 g/mol. The Morgan fingerprint density at radius 3 is 2.61 bits per heavy atom. The second kappa shape index (κ2) is 6.52. The third-order valence-corrected chi connectivity index (χ3v) is 4.13. The molecule has 0 atom stereocenters. The van der Waals surface area contributed by atoms with Gasteiger partial charge in [0.15, 0.2) is 0 Å². The number of thiocarbonyl (C=S) groups is 1. The van der Waals surface area contributed by atoms with Crippen LogP contribution in [0.1, 0.15) is 11.1 Å². The lowest BCUT2D eigenvalue weighted by Crippen LogP contribution is -2.12. The number of rotatable bonds is 4. The second-order valence-corrected chi connectivity index (χ2v) is 5.86.